The lowest BCUT2D eigenvalue weighted by Crippen LogP contribution is -2.54. The van der Waals surface area contributed by atoms with Gasteiger partial charge in [0.1, 0.15) is 12.6 Å². The number of carbonyl (C=O) groups is 2. The molecule has 1 fully saturated rings. The lowest BCUT2D eigenvalue weighted by molar-refractivity contribution is -0.140. The first-order valence-electron chi connectivity index (χ1n) is 15.9. The van der Waals surface area contributed by atoms with Crippen LogP contribution in [0.3, 0.4) is 0 Å². The Morgan fingerprint density at radius 2 is 1.48 bits per heavy atom. The Morgan fingerprint density at radius 1 is 0.854 bits per heavy atom. The third kappa shape index (κ3) is 8.29. The van der Waals surface area contributed by atoms with Crippen LogP contribution in [0.2, 0.25) is 5.02 Å². The predicted molar refractivity (Wildman–Crippen MR) is 187 cm³/mol. The Morgan fingerprint density at radius 3 is 2.12 bits per heavy atom. The molecule has 0 radical (unpaired) electrons. The molecule has 0 aliphatic heterocycles. The summed E-state index contributed by atoms with van der Waals surface area (Å²) in [7, 11) is -1.44. The normalized spacial score (nSPS) is 13.8. The van der Waals surface area contributed by atoms with Crippen LogP contribution in [0.15, 0.2) is 108 Å². The van der Waals surface area contributed by atoms with Crippen LogP contribution < -0.4 is 19.1 Å². The van der Waals surface area contributed by atoms with Gasteiger partial charge in [0.05, 0.1) is 24.8 Å². The van der Waals surface area contributed by atoms with E-state index in [2.05, 4.69) is 5.32 Å². The summed E-state index contributed by atoms with van der Waals surface area (Å²) in [6.45, 7) is -0.583. The minimum absolute atomic E-state index is 0.00682. The van der Waals surface area contributed by atoms with E-state index in [1.54, 1.807) is 48.5 Å². The van der Waals surface area contributed by atoms with Crippen molar-refractivity contribution in [1.29, 1.82) is 0 Å². The van der Waals surface area contributed by atoms with Gasteiger partial charge in [-0.15, -0.1) is 0 Å². The van der Waals surface area contributed by atoms with E-state index < -0.39 is 28.5 Å². The second kappa shape index (κ2) is 16.0. The summed E-state index contributed by atoms with van der Waals surface area (Å²) in [4.78, 5) is 30.2. The van der Waals surface area contributed by atoms with Gasteiger partial charge < -0.3 is 19.7 Å². The number of ether oxygens (including phenoxy) is 2. The van der Waals surface area contributed by atoms with Crippen LogP contribution in [0.4, 0.5) is 5.69 Å². The molecular weight excluding hydrogens is 650 g/mol. The van der Waals surface area contributed by atoms with Gasteiger partial charge in [-0.3, -0.25) is 13.9 Å². The van der Waals surface area contributed by atoms with Crippen LogP contribution in [0.1, 0.15) is 36.8 Å². The molecule has 1 N–H and O–H groups in total. The monoisotopic (exact) mass is 689 g/mol. The highest BCUT2D eigenvalue weighted by atomic mass is 35.5. The molecule has 9 nitrogen and oxygen atoms in total. The summed E-state index contributed by atoms with van der Waals surface area (Å²) in [6, 6.07) is 28.4. The third-order valence-corrected chi connectivity index (χ3v) is 10.7. The van der Waals surface area contributed by atoms with Crippen LogP contribution in [-0.2, 0) is 32.6 Å². The lowest BCUT2D eigenvalue weighted by Gasteiger charge is -2.34. The molecule has 4 aromatic rings. The van der Waals surface area contributed by atoms with Gasteiger partial charge in [0.2, 0.25) is 11.8 Å². The molecule has 1 unspecified atom stereocenters. The molecule has 5 rings (SSSR count). The molecule has 11 heteroatoms. The SMILES string of the molecule is COc1ccc(S(=O)(=O)N(CC(=O)N(Cc2ccccc2Cl)C(Cc2ccccc2)C(=O)NC2CCCC2)c2ccccc2)cc1OC. The van der Waals surface area contributed by atoms with Gasteiger partial charge in [0.15, 0.2) is 11.5 Å². The molecule has 0 aromatic heterocycles. The highest BCUT2D eigenvalue weighted by Gasteiger charge is 2.36. The largest absolute Gasteiger partial charge is 0.493 e. The minimum Gasteiger partial charge on any atom is -0.493 e. The van der Waals surface area contributed by atoms with Crippen LogP contribution in [0.25, 0.3) is 0 Å². The number of anilines is 1. The smallest absolute Gasteiger partial charge is 0.264 e. The van der Waals surface area contributed by atoms with E-state index in [1.165, 1.54) is 37.3 Å². The second-order valence-corrected chi connectivity index (χ2v) is 13.9. The van der Waals surface area contributed by atoms with Gasteiger partial charge in [0.25, 0.3) is 10.0 Å². The number of para-hydroxylation sites is 1. The minimum atomic E-state index is -4.32. The van der Waals surface area contributed by atoms with E-state index in [9.17, 15) is 18.0 Å². The standard InChI is InChI=1S/C37H40ClN3O6S/c1-46-34-22-21-31(24-35(34)47-2)48(44,45)41(30-18-7-4-8-19-30)26-36(42)40(25-28-15-9-12-20-32(28)38)33(23-27-13-5-3-6-14-27)37(43)39-29-16-10-11-17-29/h3-9,12-15,18-22,24,29,33H,10-11,16-17,23,25-26H2,1-2H3,(H,39,43). The van der Waals surface area contributed by atoms with E-state index in [0.29, 0.717) is 16.3 Å². The molecule has 0 bridgehead atoms. The van der Waals surface area contributed by atoms with Crippen molar-refractivity contribution in [3.05, 3.63) is 119 Å². The molecule has 252 valence electrons. The van der Waals surface area contributed by atoms with Gasteiger partial charge >= 0.3 is 0 Å². The zero-order chi connectivity index (χ0) is 34.1. The lowest BCUT2D eigenvalue weighted by atomic mass is 10.0. The number of halogens is 1. The molecule has 4 aromatic carbocycles. The quantitative estimate of drug-likeness (QED) is 0.168. The summed E-state index contributed by atoms with van der Waals surface area (Å²) < 4.78 is 40.5. The van der Waals surface area contributed by atoms with Gasteiger partial charge in [-0.2, -0.15) is 0 Å². The topological polar surface area (TPSA) is 105 Å². The Labute approximate surface area is 287 Å². The van der Waals surface area contributed by atoms with E-state index >= 15 is 0 Å². The fourth-order valence-corrected chi connectivity index (χ4v) is 7.58. The van der Waals surface area contributed by atoms with Gasteiger partial charge in [-0.25, -0.2) is 8.42 Å². The summed E-state index contributed by atoms with van der Waals surface area (Å²) >= 11 is 6.60. The molecule has 1 aliphatic carbocycles. The van der Waals surface area contributed by atoms with Crippen LogP contribution in [-0.4, -0.2) is 58.0 Å². The highest BCUT2D eigenvalue weighted by molar-refractivity contribution is 7.92. The Hall–Kier alpha value is -4.54. The third-order valence-electron chi connectivity index (χ3n) is 8.54. The van der Waals surface area contributed by atoms with Crippen molar-refractivity contribution in [2.45, 2.75) is 55.6 Å². The number of hydrogen-bond acceptors (Lipinski definition) is 6. The second-order valence-electron chi connectivity index (χ2n) is 11.7. The van der Waals surface area contributed by atoms with E-state index in [-0.39, 0.29) is 41.2 Å². The van der Waals surface area contributed by atoms with E-state index in [4.69, 9.17) is 21.1 Å². The number of nitrogens with zero attached hydrogens (tertiary/aromatic N) is 2. The summed E-state index contributed by atoms with van der Waals surface area (Å²) in [5.41, 5.74) is 1.78. The first kappa shape index (κ1) is 34.8. The van der Waals surface area contributed by atoms with Crippen LogP contribution in [0, 0.1) is 0 Å². The average molecular weight is 690 g/mol. The first-order valence-corrected chi connectivity index (χ1v) is 17.7. The summed E-state index contributed by atoms with van der Waals surface area (Å²) in [6.07, 6.45) is 4.01. The number of amides is 2. The predicted octanol–water partition coefficient (Wildman–Crippen LogP) is 6.25. The summed E-state index contributed by atoms with van der Waals surface area (Å²) in [5.74, 6) is -0.267. The van der Waals surface area contributed by atoms with Gasteiger partial charge in [-0.05, 0) is 54.3 Å². The van der Waals surface area contributed by atoms with Crippen molar-refractivity contribution in [2.24, 2.45) is 0 Å². The number of methoxy groups -OCH3 is 2. The number of rotatable bonds is 14. The maximum Gasteiger partial charge on any atom is 0.264 e. The molecule has 0 spiro atoms. The van der Waals surface area contributed by atoms with Gasteiger partial charge in [0, 0.05) is 30.1 Å². The van der Waals surface area contributed by atoms with Gasteiger partial charge in [-0.1, -0.05) is 91.2 Å². The number of hydrogen-bond donors (Lipinski definition) is 1. The number of carbonyl (C=O) groups excluding carboxylic acids is 2. The molecule has 1 atom stereocenters. The zero-order valence-electron chi connectivity index (χ0n) is 27.0. The molecule has 1 saturated carbocycles. The highest BCUT2D eigenvalue weighted by Crippen LogP contribution is 2.32. The van der Waals surface area contributed by atoms with Crippen molar-refractivity contribution in [3.8, 4) is 11.5 Å². The van der Waals surface area contributed by atoms with Crippen molar-refractivity contribution in [3.63, 3.8) is 0 Å². The Balaban J connectivity index is 1.57. The fourth-order valence-electron chi connectivity index (χ4n) is 5.96. The van der Waals surface area contributed by atoms with Crippen LogP contribution in [0.5, 0.6) is 11.5 Å². The number of sulfonamides is 1. The average Bonchev–Trinajstić information content (AvgIpc) is 3.62. The molecule has 1 aliphatic rings. The summed E-state index contributed by atoms with van der Waals surface area (Å²) in [5, 5.41) is 3.61. The fraction of sp³-hybridized carbons (Fsp3) is 0.297. The molecular formula is C37H40ClN3O6S. The maximum absolute atomic E-state index is 14.7. The molecule has 48 heavy (non-hydrogen) atoms. The Bertz CT molecular complexity index is 1800. The number of benzene rings is 4. The van der Waals surface area contributed by atoms with E-state index in [1.807, 2.05) is 36.4 Å². The van der Waals surface area contributed by atoms with Crippen molar-refractivity contribution < 1.29 is 27.5 Å². The van der Waals surface area contributed by atoms with Crippen molar-refractivity contribution in [1.82, 2.24) is 10.2 Å². The van der Waals surface area contributed by atoms with Crippen LogP contribution >= 0.6 is 11.6 Å². The molecule has 2 amide bonds. The zero-order valence-corrected chi connectivity index (χ0v) is 28.6. The Kier molecular flexibility index (Phi) is 11.6. The van der Waals surface area contributed by atoms with Crippen molar-refractivity contribution >= 4 is 39.1 Å². The van der Waals surface area contributed by atoms with E-state index in [0.717, 1.165) is 35.6 Å². The maximum atomic E-state index is 14.7. The number of nitrogens with one attached hydrogen (secondary N) is 1. The van der Waals surface area contributed by atoms with Crippen molar-refractivity contribution in [2.75, 3.05) is 25.1 Å². The molecule has 0 heterocycles. The molecule has 0 saturated heterocycles. The first-order chi connectivity index (χ1) is 23.2.